The Morgan fingerprint density at radius 1 is 1.24 bits per heavy atom. The summed E-state index contributed by atoms with van der Waals surface area (Å²) in [4.78, 5) is 6.77. The first-order valence-corrected chi connectivity index (χ1v) is 7.38. The third kappa shape index (κ3) is 3.70. The van der Waals surface area contributed by atoms with E-state index in [-0.39, 0.29) is 11.5 Å². The van der Waals surface area contributed by atoms with Crippen molar-refractivity contribution >= 4 is 0 Å². The molecule has 0 N–H and O–H groups in total. The van der Waals surface area contributed by atoms with Gasteiger partial charge in [0.25, 0.3) is 0 Å². The topological polar surface area (TPSA) is 42.2 Å². The van der Waals surface area contributed by atoms with Gasteiger partial charge >= 0.3 is 0 Å². The first-order valence-electron chi connectivity index (χ1n) is 7.38. The summed E-state index contributed by atoms with van der Waals surface area (Å²) in [5.74, 6) is 1.43. The number of aryl methyl sites for hydroxylation is 1. The van der Waals surface area contributed by atoms with Gasteiger partial charge in [-0.2, -0.15) is 4.98 Å². The van der Waals surface area contributed by atoms with Crippen LogP contribution in [0.25, 0.3) is 0 Å². The minimum Gasteiger partial charge on any atom is -0.338 e. The largest absolute Gasteiger partial charge is 0.338 e. The third-order valence-electron chi connectivity index (χ3n) is 3.81. The van der Waals surface area contributed by atoms with Crippen LogP contribution < -0.4 is 0 Å². The normalized spacial score (nSPS) is 13.7. The van der Waals surface area contributed by atoms with Gasteiger partial charge in [0.15, 0.2) is 5.82 Å². The molecule has 0 bridgehead atoms. The summed E-state index contributed by atoms with van der Waals surface area (Å²) in [6.45, 7) is 11.4. The highest BCUT2D eigenvalue weighted by molar-refractivity contribution is 5.25. The molecule has 1 aromatic heterocycles. The summed E-state index contributed by atoms with van der Waals surface area (Å²) in [7, 11) is 2.08. The van der Waals surface area contributed by atoms with Gasteiger partial charge in [-0.1, -0.05) is 50.2 Å². The Kier molecular flexibility index (Phi) is 4.47. The predicted molar refractivity (Wildman–Crippen MR) is 84.1 cm³/mol. The van der Waals surface area contributed by atoms with Crippen molar-refractivity contribution in [3.8, 4) is 0 Å². The van der Waals surface area contributed by atoms with Gasteiger partial charge in [-0.15, -0.1) is 0 Å². The quantitative estimate of drug-likeness (QED) is 0.856. The fraction of sp³-hybridized carbons (Fsp3) is 0.529. The van der Waals surface area contributed by atoms with Crippen molar-refractivity contribution in [1.82, 2.24) is 15.0 Å². The molecule has 2 aromatic rings. The van der Waals surface area contributed by atoms with Crippen molar-refractivity contribution in [3.63, 3.8) is 0 Å². The molecule has 0 aliphatic heterocycles. The molecule has 2 rings (SSSR count). The van der Waals surface area contributed by atoms with Gasteiger partial charge in [-0.3, -0.25) is 4.90 Å². The van der Waals surface area contributed by atoms with Crippen molar-refractivity contribution in [2.24, 2.45) is 0 Å². The zero-order chi connectivity index (χ0) is 15.6. The fourth-order valence-corrected chi connectivity index (χ4v) is 2.09. The molecule has 0 saturated heterocycles. The Balaban J connectivity index is 2.11. The van der Waals surface area contributed by atoms with Crippen LogP contribution >= 0.6 is 0 Å². The molecule has 0 fully saturated rings. The molecule has 4 nitrogen and oxygen atoms in total. The van der Waals surface area contributed by atoms with Gasteiger partial charge in [0.2, 0.25) is 5.89 Å². The number of nitrogens with zero attached hydrogens (tertiary/aromatic N) is 3. The lowest BCUT2D eigenvalue weighted by molar-refractivity contribution is 0.202. The first-order chi connectivity index (χ1) is 9.79. The van der Waals surface area contributed by atoms with Crippen LogP contribution in [0.5, 0.6) is 0 Å². The molecule has 21 heavy (non-hydrogen) atoms. The van der Waals surface area contributed by atoms with E-state index in [0.29, 0.717) is 5.89 Å². The summed E-state index contributed by atoms with van der Waals surface area (Å²) >= 11 is 0. The van der Waals surface area contributed by atoms with E-state index in [4.69, 9.17) is 4.52 Å². The maximum absolute atomic E-state index is 5.44. The monoisotopic (exact) mass is 287 g/mol. The highest BCUT2D eigenvalue weighted by Gasteiger charge is 2.24. The molecule has 1 atom stereocenters. The molecular formula is C17H25N3O. The van der Waals surface area contributed by atoms with Crippen molar-refractivity contribution in [3.05, 3.63) is 47.1 Å². The minimum atomic E-state index is -0.0872. The first kappa shape index (κ1) is 15.7. The smallest absolute Gasteiger partial charge is 0.243 e. The molecule has 0 saturated carbocycles. The van der Waals surface area contributed by atoms with E-state index in [1.165, 1.54) is 11.1 Å². The van der Waals surface area contributed by atoms with Gasteiger partial charge in [0.1, 0.15) is 0 Å². The summed E-state index contributed by atoms with van der Waals surface area (Å²) in [6, 6.07) is 8.53. The summed E-state index contributed by atoms with van der Waals surface area (Å²) in [5.41, 5.74) is 2.54. The van der Waals surface area contributed by atoms with Crippen LogP contribution in [-0.2, 0) is 12.0 Å². The lowest BCUT2D eigenvalue weighted by Crippen LogP contribution is -2.23. The van der Waals surface area contributed by atoms with Crippen LogP contribution in [-0.4, -0.2) is 22.1 Å². The zero-order valence-electron chi connectivity index (χ0n) is 13.8. The summed E-state index contributed by atoms with van der Waals surface area (Å²) in [5, 5.41) is 4.10. The van der Waals surface area contributed by atoms with Crippen molar-refractivity contribution < 1.29 is 4.52 Å². The van der Waals surface area contributed by atoms with Crippen LogP contribution in [0.1, 0.15) is 56.6 Å². The molecule has 0 radical (unpaired) electrons. The molecule has 1 heterocycles. The van der Waals surface area contributed by atoms with Crippen molar-refractivity contribution in [1.29, 1.82) is 0 Å². The molecule has 0 spiro atoms. The third-order valence-corrected chi connectivity index (χ3v) is 3.81. The fourth-order valence-electron chi connectivity index (χ4n) is 2.09. The average molecular weight is 287 g/mol. The molecule has 114 valence electrons. The minimum absolute atomic E-state index is 0.0872. The number of aromatic nitrogens is 2. The van der Waals surface area contributed by atoms with Crippen LogP contribution in [0.2, 0.25) is 0 Å². The van der Waals surface area contributed by atoms with Crippen molar-refractivity contribution in [2.75, 3.05) is 7.05 Å². The van der Waals surface area contributed by atoms with Crippen LogP contribution in [0.4, 0.5) is 0 Å². The number of hydrogen-bond donors (Lipinski definition) is 0. The molecule has 0 amide bonds. The van der Waals surface area contributed by atoms with E-state index < -0.39 is 0 Å². The highest BCUT2D eigenvalue weighted by Crippen LogP contribution is 2.24. The SMILES string of the molecule is Cc1ccccc1CN(C)C(C)c1nc(C(C)(C)C)no1. The van der Waals surface area contributed by atoms with Crippen LogP contribution in [0.3, 0.4) is 0 Å². The Labute approximate surface area is 127 Å². The maximum atomic E-state index is 5.44. The number of rotatable bonds is 4. The van der Waals surface area contributed by atoms with Gasteiger partial charge in [-0.25, -0.2) is 0 Å². The van der Waals surface area contributed by atoms with E-state index in [1.807, 2.05) is 0 Å². The lowest BCUT2D eigenvalue weighted by Gasteiger charge is -2.22. The van der Waals surface area contributed by atoms with Crippen molar-refractivity contribution in [2.45, 2.75) is 52.6 Å². The van der Waals surface area contributed by atoms with E-state index in [9.17, 15) is 0 Å². The number of benzene rings is 1. The Hall–Kier alpha value is -1.68. The second kappa shape index (κ2) is 5.98. The average Bonchev–Trinajstić information content (AvgIpc) is 2.90. The zero-order valence-corrected chi connectivity index (χ0v) is 13.8. The molecular weight excluding hydrogens is 262 g/mol. The Bertz CT molecular complexity index is 598. The Morgan fingerprint density at radius 3 is 2.48 bits per heavy atom. The van der Waals surface area contributed by atoms with Gasteiger partial charge < -0.3 is 4.52 Å². The van der Waals surface area contributed by atoms with Gasteiger partial charge in [0.05, 0.1) is 6.04 Å². The number of hydrogen-bond acceptors (Lipinski definition) is 4. The molecule has 0 aliphatic rings. The van der Waals surface area contributed by atoms with Crippen LogP contribution in [0.15, 0.2) is 28.8 Å². The summed E-state index contributed by atoms with van der Waals surface area (Å²) in [6.07, 6.45) is 0. The molecule has 1 aromatic carbocycles. The van der Waals surface area contributed by atoms with E-state index in [1.54, 1.807) is 0 Å². The van der Waals surface area contributed by atoms with E-state index >= 15 is 0 Å². The van der Waals surface area contributed by atoms with Gasteiger partial charge in [-0.05, 0) is 32.0 Å². The Morgan fingerprint density at radius 2 is 1.90 bits per heavy atom. The maximum Gasteiger partial charge on any atom is 0.243 e. The standard InChI is InChI=1S/C17H25N3O/c1-12-9-7-8-10-14(12)11-20(6)13(2)15-18-16(19-21-15)17(3,4)5/h7-10,13H,11H2,1-6H3. The molecule has 4 heteroatoms. The summed E-state index contributed by atoms with van der Waals surface area (Å²) < 4.78 is 5.44. The van der Waals surface area contributed by atoms with E-state index in [2.05, 4.69) is 81.0 Å². The van der Waals surface area contributed by atoms with Crippen LogP contribution in [0, 0.1) is 6.92 Å². The second-order valence-electron chi connectivity index (χ2n) is 6.72. The highest BCUT2D eigenvalue weighted by atomic mass is 16.5. The predicted octanol–water partition coefficient (Wildman–Crippen LogP) is 3.87. The lowest BCUT2D eigenvalue weighted by atomic mass is 9.96. The second-order valence-corrected chi connectivity index (χ2v) is 6.72. The molecule has 1 unspecified atom stereocenters. The van der Waals surface area contributed by atoms with Gasteiger partial charge in [0, 0.05) is 12.0 Å². The van der Waals surface area contributed by atoms with E-state index in [0.717, 1.165) is 12.4 Å². The molecule has 0 aliphatic carbocycles.